The highest BCUT2D eigenvalue weighted by atomic mass is 32.2. The molecule has 10 heteroatoms. The first-order valence-corrected chi connectivity index (χ1v) is 13.1. The van der Waals surface area contributed by atoms with Crippen molar-refractivity contribution in [2.45, 2.75) is 50.1 Å². The second kappa shape index (κ2) is 9.66. The van der Waals surface area contributed by atoms with Gasteiger partial charge in [0.25, 0.3) is 5.91 Å². The molecule has 0 bridgehead atoms. The monoisotopic (exact) mass is 479 g/mol. The van der Waals surface area contributed by atoms with Crippen LogP contribution in [0, 0.1) is 0 Å². The van der Waals surface area contributed by atoms with Crippen molar-refractivity contribution in [2.24, 2.45) is 4.99 Å². The lowest BCUT2D eigenvalue weighted by molar-refractivity contribution is -0.119. The van der Waals surface area contributed by atoms with Gasteiger partial charge in [0.15, 0.2) is 15.0 Å². The molecular formula is C22H29N3O5S2. The first-order valence-electron chi connectivity index (χ1n) is 10.4. The normalized spacial score (nSPS) is 24.1. The van der Waals surface area contributed by atoms with E-state index >= 15 is 0 Å². The summed E-state index contributed by atoms with van der Waals surface area (Å²) >= 11 is 1.30. The van der Waals surface area contributed by atoms with Gasteiger partial charge in [-0.3, -0.25) is 4.79 Å². The molecule has 174 valence electrons. The molecule has 2 amide bonds. The van der Waals surface area contributed by atoms with Crippen molar-refractivity contribution in [1.29, 1.82) is 0 Å². The van der Waals surface area contributed by atoms with Gasteiger partial charge in [0.1, 0.15) is 11.6 Å². The summed E-state index contributed by atoms with van der Waals surface area (Å²) in [6, 6.07) is 8.17. The van der Waals surface area contributed by atoms with Crippen molar-refractivity contribution < 1.29 is 22.7 Å². The minimum absolute atomic E-state index is 0.0370. The third kappa shape index (κ3) is 6.35. The average molecular weight is 480 g/mol. The number of fused-ring (bicyclic) bond motifs is 1. The quantitative estimate of drug-likeness (QED) is 0.625. The number of alkyl carbamates (subject to hydrolysis) is 1. The summed E-state index contributed by atoms with van der Waals surface area (Å²) in [5.41, 5.74) is 0.161. The average Bonchev–Trinajstić information content (AvgIpc) is 3.13. The van der Waals surface area contributed by atoms with Gasteiger partial charge in [-0.2, -0.15) is 4.99 Å². The first-order chi connectivity index (χ1) is 15.0. The lowest BCUT2D eigenvalue weighted by atomic mass is 10.1. The van der Waals surface area contributed by atoms with Crippen LogP contribution in [0.15, 0.2) is 48.0 Å². The predicted molar refractivity (Wildman–Crippen MR) is 126 cm³/mol. The third-order valence-electron chi connectivity index (χ3n) is 4.98. The SMILES string of the molecule is C=CCN1C(=NC(=O)[C@H](Cc2ccccc2)NC(=O)OC(C)(C)C)S[C@@H]2CS(=O)(=O)C[C@@H]21. The number of hydrogen-bond donors (Lipinski definition) is 1. The highest BCUT2D eigenvalue weighted by Crippen LogP contribution is 2.38. The van der Waals surface area contributed by atoms with E-state index in [-0.39, 0.29) is 29.2 Å². The zero-order valence-electron chi connectivity index (χ0n) is 18.5. The lowest BCUT2D eigenvalue weighted by Crippen LogP contribution is -2.45. The molecule has 3 atom stereocenters. The molecule has 1 aromatic carbocycles. The largest absolute Gasteiger partial charge is 0.444 e. The molecule has 0 saturated carbocycles. The predicted octanol–water partition coefficient (Wildman–Crippen LogP) is 2.41. The molecule has 2 aliphatic heterocycles. The Bertz CT molecular complexity index is 1000. The number of nitrogens with zero attached hydrogens (tertiary/aromatic N) is 2. The Hall–Kier alpha value is -2.33. The van der Waals surface area contributed by atoms with Crippen LogP contribution >= 0.6 is 11.8 Å². The van der Waals surface area contributed by atoms with E-state index in [9.17, 15) is 18.0 Å². The van der Waals surface area contributed by atoms with Gasteiger partial charge in [0.2, 0.25) is 0 Å². The summed E-state index contributed by atoms with van der Waals surface area (Å²) in [7, 11) is -3.11. The van der Waals surface area contributed by atoms with E-state index < -0.39 is 33.5 Å². The van der Waals surface area contributed by atoms with Crippen molar-refractivity contribution >= 4 is 38.8 Å². The fourth-order valence-corrected chi connectivity index (χ4v) is 7.63. The molecule has 2 fully saturated rings. The van der Waals surface area contributed by atoms with E-state index in [0.717, 1.165) is 5.56 Å². The molecule has 3 rings (SSSR count). The number of benzene rings is 1. The zero-order valence-corrected chi connectivity index (χ0v) is 20.1. The molecule has 32 heavy (non-hydrogen) atoms. The Labute approximate surface area is 193 Å². The summed E-state index contributed by atoms with van der Waals surface area (Å²) in [5.74, 6) is -0.415. The van der Waals surface area contributed by atoms with Gasteiger partial charge in [0.05, 0.1) is 17.5 Å². The van der Waals surface area contributed by atoms with Crippen LogP contribution < -0.4 is 5.32 Å². The molecule has 1 N–H and O–H groups in total. The van der Waals surface area contributed by atoms with Crippen molar-refractivity contribution in [2.75, 3.05) is 18.1 Å². The number of nitrogens with one attached hydrogen (secondary N) is 1. The molecule has 1 aromatic rings. The van der Waals surface area contributed by atoms with Gasteiger partial charge in [-0.1, -0.05) is 48.2 Å². The lowest BCUT2D eigenvalue weighted by Gasteiger charge is -2.24. The van der Waals surface area contributed by atoms with Gasteiger partial charge >= 0.3 is 6.09 Å². The first kappa shape index (κ1) is 24.3. The molecule has 2 heterocycles. The van der Waals surface area contributed by atoms with Crippen LogP contribution in [0.1, 0.15) is 26.3 Å². The third-order valence-corrected chi connectivity index (χ3v) is 8.23. The number of amidine groups is 1. The van der Waals surface area contributed by atoms with Crippen LogP contribution in [0.25, 0.3) is 0 Å². The van der Waals surface area contributed by atoms with Crippen molar-refractivity contribution in [3.05, 3.63) is 48.6 Å². The number of aliphatic imine (C=N–C) groups is 1. The highest BCUT2D eigenvalue weighted by molar-refractivity contribution is 8.15. The number of ether oxygens (including phenoxy) is 1. The van der Waals surface area contributed by atoms with Crippen molar-refractivity contribution in [3.8, 4) is 0 Å². The summed E-state index contributed by atoms with van der Waals surface area (Å²) in [6.45, 7) is 9.36. The second-order valence-corrected chi connectivity index (χ2v) is 12.2. The number of sulfone groups is 1. The summed E-state index contributed by atoms with van der Waals surface area (Å²) in [4.78, 5) is 31.7. The number of carbonyl (C=O) groups excluding carboxylic acids is 2. The fourth-order valence-electron chi connectivity index (χ4n) is 3.66. The van der Waals surface area contributed by atoms with E-state index in [1.807, 2.05) is 35.2 Å². The smallest absolute Gasteiger partial charge is 0.408 e. The van der Waals surface area contributed by atoms with Crippen LogP contribution in [-0.4, -0.2) is 71.5 Å². The topological polar surface area (TPSA) is 105 Å². The maximum Gasteiger partial charge on any atom is 0.408 e. The number of carbonyl (C=O) groups is 2. The minimum Gasteiger partial charge on any atom is -0.444 e. The highest BCUT2D eigenvalue weighted by Gasteiger charge is 2.48. The van der Waals surface area contributed by atoms with E-state index in [2.05, 4.69) is 16.9 Å². The van der Waals surface area contributed by atoms with Crippen molar-refractivity contribution in [3.63, 3.8) is 0 Å². The van der Waals surface area contributed by atoms with Gasteiger partial charge in [0, 0.05) is 18.2 Å². The van der Waals surface area contributed by atoms with E-state index in [1.165, 1.54) is 11.8 Å². The van der Waals surface area contributed by atoms with Crippen LogP contribution in [0.5, 0.6) is 0 Å². The minimum atomic E-state index is -3.11. The Kier molecular flexibility index (Phi) is 7.34. The molecule has 2 saturated heterocycles. The van der Waals surface area contributed by atoms with Gasteiger partial charge in [-0.25, -0.2) is 13.2 Å². The van der Waals surface area contributed by atoms with E-state index in [1.54, 1.807) is 26.8 Å². The van der Waals surface area contributed by atoms with Gasteiger partial charge in [-0.05, 0) is 26.3 Å². The molecule has 0 unspecified atom stereocenters. The van der Waals surface area contributed by atoms with Crippen LogP contribution in [0.2, 0.25) is 0 Å². The molecule has 0 radical (unpaired) electrons. The summed E-state index contributed by atoms with van der Waals surface area (Å²) < 4.78 is 29.4. The zero-order chi connectivity index (χ0) is 23.5. The summed E-state index contributed by atoms with van der Waals surface area (Å²) in [5, 5.41) is 2.94. The van der Waals surface area contributed by atoms with Crippen LogP contribution in [0.4, 0.5) is 4.79 Å². The van der Waals surface area contributed by atoms with Crippen molar-refractivity contribution in [1.82, 2.24) is 10.2 Å². The van der Waals surface area contributed by atoms with E-state index in [4.69, 9.17) is 4.74 Å². The number of rotatable bonds is 6. The van der Waals surface area contributed by atoms with Gasteiger partial charge in [-0.15, -0.1) is 6.58 Å². The molecule has 0 aromatic heterocycles. The Morgan fingerprint density at radius 2 is 2.00 bits per heavy atom. The van der Waals surface area contributed by atoms with Crippen LogP contribution in [0.3, 0.4) is 0 Å². The molecular weight excluding hydrogens is 450 g/mol. The maximum absolute atomic E-state index is 13.2. The molecule has 2 aliphatic rings. The van der Waals surface area contributed by atoms with Gasteiger partial charge < -0.3 is 15.0 Å². The second-order valence-electron chi connectivity index (χ2n) is 8.86. The Morgan fingerprint density at radius 3 is 2.62 bits per heavy atom. The maximum atomic E-state index is 13.2. The molecule has 8 nitrogen and oxygen atoms in total. The molecule has 0 aliphatic carbocycles. The number of thioether (sulfide) groups is 1. The fraction of sp³-hybridized carbons (Fsp3) is 0.500. The Morgan fingerprint density at radius 1 is 1.31 bits per heavy atom. The molecule has 0 spiro atoms. The number of amides is 2. The Balaban J connectivity index is 1.82. The van der Waals surface area contributed by atoms with E-state index in [0.29, 0.717) is 11.7 Å². The standard InChI is InChI=1S/C22H29N3O5S2/c1-5-11-25-17-13-32(28,29)14-18(17)31-20(25)24-19(26)16(12-15-9-7-6-8-10-15)23-21(27)30-22(2,3)4/h5-10,16-18H,1,11-14H2,2-4H3,(H,23,27)/t16-,17-,18+/m0/s1. The number of hydrogen-bond acceptors (Lipinski definition) is 6. The van der Waals surface area contributed by atoms with Crippen LogP contribution in [-0.2, 0) is 25.8 Å². The summed E-state index contributed by atoms with van der Waals surface area (Å²) in [6.07, 6.45) is 1.22.